The summed E-state index contributed by atoms with van der Waals surface area (Å²) in [7, 11) is 0. The third-order valence-electron chi connectivity index (χ3n) is 7.97. The monoisotopic (exact) mass is 580 g/mol. The number of para-hydroxylation sites is 1. The third-order valence-corrected chi connectivity index (χ3v) is 7.97. The highest BCUT2D eigenvalue weighted by Crippen LogP contribution is 2.54. The van der Waals surface area contributed by atoms with Crippen molar-refractivity contribution in [2.24, 2.45) is 11.3 Å². The largest absolute Gasteiger partial charge is 0.522 e. The fraction of sp³-hybridized carbons (Fsp3) is 0.607. The van der Waals surface area contributed by atoms with E-state index in [1.54, 1.807) is 12.1 Å². The Kier molecular flexibility index (Phi) is 8.49. The van der Waals surface area contributed by atoms with Crippen LogP contribution in [-0.4, -0.2) is 72.5 Å². The second-order valence-electron chi connectivity index (χ2n) is 12.2. The number of carbonyl (C=O) groups excluding carboxylic acids is 5. The van der Waals surface area contributed by atoms with Crippen molar-refractivity contribution in [1.29, 1.82) is 0 Å². The lowest BCUT2D eigenvalue weighted by molar-refractivity contribution is -0.321. The molecule has 2 aliphatic heterocycles. The van der Waals surface area contributed by atoms with Crippen molar-refractivity contribution >= 4 is 35.1 Å². The number of halogens is 3. The van der Waals surface area contributed by atoms with E-state index in [1.165, 1.54) is 4.90 Å². The minimum Gasteiger partial charge on any atom is -0.356 e. The minimum absolute atomic E-state index is 0.166. The lowest BCUT2D eigenvalue weighted by atomic mass is 9.86. The highest BCUT2D eigenvalue weighted by atomic mass is 19.4. The van der Waals surface area contributed by atoms with Gasteiger partial charge in [0, 0.05) is 24.7 Å². The zero-order valence-corrected chi connectivity index (χ0v) is 23.2. The van der Waals surface area contributed by atoms with Crippen LogP contribution in [0, 0.1) is 11.3 Å². The Morgan fingerprint density at radius 1 is 1.15 bits per heavy atom. The predicted octanol–water partition coefficient (Wildman–Crippen LogP) is 2.42. The zero-order valence-electron chi connectivity index (χ0n) is 23.2. The summed E-state index contributed by atoms with van der Waals surface area (Å²) in [6, 6.07) is 4.52. The molecule has 1 spiro atoms. The second kappa shape index (κ2) is 11.4. The van der Waals surface area contributed by atoms with E-state index in [0.717, 1.165) is 18.4 Å². The maximum absolute atomic E-state index is 13.5. The molecule has 13 heteroatoms. The number of hydrogen-bond acceptors (Lipinski definition) is 6. The van der Waals surface area contributed by atoms with Crippen LogP contribution >= 0.6 is 0 Å². The molecule has 4 amide bonds. The van der Waals surface area contributed by atoms with Gasteiger partial charge in [-0.1, -0.05) is 39.0 Å². The van der Waals surface area contributed by atoms with E-state index in [-0.39, 0.29) is 36.1 Å². The predicted molar refractivity (Wildman–Crippen MR) is 140 cm³/mol. The van der Waals surface area contributed by atoms with Crippen molar-refractivity contribution in [1.82, 2.24) is 15.5 Å². The van der Waals surface area contributed by atoms with Crippen molar-refractivity contribution in [3.63, 3.8) is 0 Å². The molecule has 3 aliphatic rings. The molecular weight excluding hydrogens is 545 g/mol. The van der Waals surface area contributed by atoms with Gasteiger partial charge < -0.3 is 20.9 Å². The molecule has 2 heterocycles. The van der Waals surface area contributed by atoms with Crippen LogP contribution in [0.2, 0.25) is 0 Å². The average Bonchev–Trinajstić information content (AvgIpc) is 3.35. The number of Topliss-reactive ketones (excluding diaryl/α,β-unsaturated/α-hetero) is 1. The van der Waals surface area contributed by atoms with E-state index in [0.29, 0.717) is 18.7 Å². The number of anilines is 1. The molecule has 3 atom stereocenters. The zero-order chi connectivity index (χ0) is 30.2. The van der Waals surface area contributed by atoms with E-state index in [4.69, 9.17) is 0 Å². The molecule has 224 valence electrons. The molecule has 0 bridgehead atoms. The first-order valence-electron chi connectivity index (χ1n) is 13.6. The standard InChI is InChI=1S/C28H35F3N4O6/c1-26(2,3)17-6-4-5-7-18(17)33-24(39)25(40)35-15-27(9-10-27)13-20(35)23(38)34-19(12-16-8-11-32-22(16)37)21(36)14-41-28(29,30)31/h4-7,16,19-20H,8-15H2,1-3H3,(H,32,37)(H,33,39)(H,34,38)/t16-,19-,20-/m0/s1. The average molecular weight is 581 g/mol. The lowest BCUT2D eigenvalue weighted by Gasteiger charge is -2.27. The second-order valence-corrected chi connectivity index (χ2v) is 12.2. The number of benzene rings is 1. The number of alkyl halides is 3. The van der Waals surface area contributed by atoms with Crippen LogP contribution in [-0.2, 0) is 34.1 Å². The normalized spacial score (nSPS) is 22.3. The van der Waals surface area contributed by atoms with Gasteiger partial charge in [-0.2, -0.15) is 0 Å². The van der Waals surface area contributed by atoms with Gasteiger partial charge in [0.1, 0.15) is 12.6 Å². The topological polar surface area (TPSA) is 134 Å². The number of nitrogens with one attached hydrogen (secondary N) is 3. The number of rotatable bonds is 8. The Morgan fingerprint density at radius 3 is 2.41 bits per heavy atom. The molecular formula is C28H35F3N4O6. The Morgan fingerprint density at radius 2 is 1.83 bits per heavy atom. The molecule has 0 radical (unpaired) electrons. The Balaban J connectivity index is 1.50. The van der Waals surface area contributed by atoms with E-state index < -0.39 is 54.5 Å². The van der Waals surface area contributed by atoms with E-state index in [2.05, 4.69) is 20.7 Å². The van der Waals surface area contributed by atoms with Crippen LogP contribution < -0.4 is 16.0 Å². The number of ketones is 1. The maximum atomic E-state index is 13.5. The van der Waals surface area contributed by atoms with E-state index in [1.807, 2.05) is 32.9 Å². The molecule has 2 saturated heterocycles. The summed E-state index contributed by atoms with van der Waals surface area (Å²) in [6.07, 6.45) is -3.17. The first-order valence-corrected chi connectivity index (χ1v) is 13.6. The molecule has 1 aliphatic carbocycles. The van der Waals surface area contributed by atoms with Gasteiger partial charge in [0.25, 0.3) is 0 Å². The summed E-state index contributed by atoms with van der Waals surface area (Å²) in [6.45, 7) is 5.06. The van der Waals surface area contributed by atoms with Crippen molar-refractivity contribution in [3.05, 3.63) is 29.8 Å². The maximum Gasteiger partial charge on any atom is 0.522 e. The molecule has 1 aromatic rings. The lowest BCUT2D eigenvalue weighted by Crippen LogP contribution is -2.53. The van der Waals surface area contributed by atoms with Crippen LogP contribution in [0.15, 0.2) is 24.3 Å². The minimum atomic E-state index is -5.05. The van der Waals surface area contributed by atoms with Crippen LogP contribution in [0.1, 0.15) is 58.4 Å². The van der Waals surface area contributed by atoms with Crippen LogP contribution in [0.4, 0.5) is 18.9 Å². The van der Waals surface area contributed by atoms with E-state index >= 15 is 0 Å². The highest BCUT2D eigenvalue weighted by molar-refractivity contribution is 6.40. The molecule has 4 rings (SSSR count). The smallest absolute Gasteiger partial charge is 0.356 e. The summed E-state index contributed by atoms with van der Waals surface area (Å²) in [4.78, 5) is 65.9. The summed E-state index contributed by atoms with van der Waals surface area (Å²) < 4.78 is 41.5. The molecule has 1 saturated carbocycles. The van der Waals surface area contributed by atoms with Gasteiger partial charge in [0.05, 0.1) is 6.04 Å². The number of hydrogen-bond donors (Lipinski definition) is 3. The number of carbonyl (C=O) groups is 5. The molecule has 0 unspecified atom stereocenters. The molecule has 3 fully saturated rings. The van der Waals surface area contributed by atoms with Gasteiger partial charge in [-0.3, -0.25) is 28.7 Å². The van der Waals surface area contributed by atoms with Gasteiger partial charge in [-0.25, -0.2) is 0 Å². The molecule has 10 nitrogen and oxygen atoms in total. The van der Waals surface area contributed by atoms with Gasteiger partial charge in [-0.05, 0) is 54.6 Å². The number of likely N-dealkylation sites (tertiary alicyclic amines) is 1. The Labute approximate surface area is 235 Å². The fourth-order valence-corrected chi connectivity index (χ4v) is 5.54. The summed E-state index contributed by atoms with van der Waals surface area (Å²) >= 11 is 0. The highest BCUT2D eigenvalue weighted by Gasteiger charge is 2.56. The first-order chi connectivity index (χ1) is 19.1. The van der Waals surface area contributed by atoms with Crippen molar-refractivity contribution in [3.8, 4) is 0 Å². The molecule has 1 aromatic carbocycles. The summed E-state index contributed by atoms with van der Waals surface area (Å²) in [5.41, 5.74) is 0.624. The quantitative estimate of drug-likeness (QED) is 0.405. The van der Waals surface area contributed by atoms with Crippen LogP contribution in [0.25, 0.3) is 0 Å². The van der Waals surface area contributed by atoms with Crippen LogP contribution in [0.3, 0.4) is 0 Å². The summed E-state index contributed by atoms with van der Waals surface area (Å²) in [5, 5.41) is 7.72. The number of ether oxygens (including phenoxy) is 1. The van der Waals surface area contributed by atoms with Crippen molar-refractivity contribution in [2.75, 3.05) is 25.0 Å². The fourth-order valence-electron chi connectivity index (χ4n) is 5.54. The first kappa shape index (κ1) is 30.5. The van der Waals surface area contributed by atoms with Crippen LogP contribution in [0.5, 0.6) is 0 Å². The molecule has 0 aromatic heterocycles. The number of nitrogens with zero attached hydrogens (tertiary/aromatic N) is 1. The molecule has 41 heavy (non-hydrogen) atoms. The third kappa shape index (κ3) is 7.43. The van der Waals surface area contributed by atoms with Gasteiger partial charge in [-0.15, -0.1) is 13.2 Å². The van der Waals surface area contributed by atoms with Crippen molar-refractivity contribution in [2.45, 2.75) is 76.7 Å². The van der Waals surface area contributed by atoms with Gasteiger partial charge in [0.15, 0.2) is 5.78 Å². The molecule has 3 N–H and O–H groups in total. The SMILES string of the molecule is CC(C)(C)c1ccccc1NC(=O)C(=O)N1CC2(CC2)C[C@H]1C(=O)N[C@@H](C[C@@H]1CCNC1=O)C(=O)COC(F)(F)F. The number of amides is 4. The Bertz CT molecular complexity index is 1220. The van der Waals surface area contributed by atoms with Gasteiger partial charge in [0.2, 0.25) is 11.8 Å². The van der Waals surface area contributed by atoms with Gasteiger partial charge >= 0.3 is 18.2 Å². The Hall–Kier alpha value is -3.48. The summed E-state index contributed by atoms with van der Waals surface area (Å²) in [5.74, 6) is -4.71. The van der Waals surface area contributed by atoms with Crippen molar-refractivity contribution < 1.29 is 41.9 Å². The van der Waals surface area contributed by atoms with E-state index in [9.17, 15) is 37.1 Å².